The number of amides is 1. The highest BCUT2D eigenvalue weighted by Gasteiger charge is 2.21. The number of rotatable bonds is 10. The van der Waals surface area contributed by atoms with E-state index in [1.165, 1.54) is 0 Å². The fourth-order valence-corrected chi connectivity index (χ4v) is 4.86. The van der Waals surface area contributed by atoms with Crippen LogP contribution in [0.2, 0.25) is 0 Å². The molecule has 1 aliphatic rings. The van der Waals surface area contributed by atoms with E-state index in [0.29, 0.717) is 26.1 Å². The van der Waals surface area contributed by atoms with Gasteiger partial charge >= 0.3 is 0 Å². The summed E-state index contributed by atoms with van der Waals surface area (Å²) in [7, 11) is 1.69. The summed E-state index contributed by atoms with van der Waals surface area (Å²) in [6, 6.07) is 14.6. The summed E-state index contributed by atoms with van der Waals surface area (Å²) in [4.78, 5) is 20.7. The molecule has 1 fully saturated rings. The van der Waals surface area contributed by atoms with Crippen LogP contribution in [-0.2, 0) is 17.9 Å². The number of nitrogens with zero attached hydrogens (tertiary/aromatic N) is 3. The first-order valence-corrected chi connectivity index (χ1v) is 12.5. The van der Waals surface area contributed by atoms with Crippen molar-refractivity contribution in [2.75, 3.05) is 31.2 Å². The van der Waals surface area contributed by atoms with Crippen LogP contribution in [0.1, 0.15) is 37.3 Å². The lowest BCUT2D eigenvalue weighted by molar-refractivity contribution is -0.119. The van der Waals surface area contributed by atoms with Crippen molar-refractivity contribution in [2.24, 2.45) is 0 Å². The molecule has 2 aromatic carbocycles. The summed E-state index contributed by atoms with van der Waals surface area (Å²) >= 11 is 0. The average molecular weight is 488 g/mol. The van der Waals surface area contributed by atoms with Crippen molar-refractivity contribution < 1.29 is 9.53 Å². The minimum atomic E-state index is 0.0977. The molecule has 9 heteroatoms. The number of para-hydroxylation sites is 1. The van der Waals surface area contributed by atoms with Gasteiger partial charge in [0.1, 0.15) is 16.8 Å². The number of ether oxygens (including phenoxy) is 1. The zero-order valence-electron chi connectivity index (χ0n) is 20.8. The number of methoxy groups -OCH3 is 1. The van der Waals surface area contributed by atoms with Crippen LogP contribution in [0.4, 0.5) is 11.8 Å². The van der Waals surface area contributed by atoms with Crippen molar-refractivity contribution in [3.8, 4) is 5.75 Å². The molecule has 3 heterocycles. The third kappa shape index (κ3) is 4.79. The quantitative estimate of drug-likeness (QED) is 0.253. The average Bonchev–Trinajstić information content (AvgIpc) is 3.44. The number of carbonyl (C=O) groups excluding carboxylic acids is 1. The SMILES string of the molecule is CCCCNc1nc(N)nc2c3ccccc3n(Cc3cc(CNC4CNC(=O)C4)ccc3OC)c12. The molecule has 1 amide bonds. The zero-order valence-corrected chi connectivity index (χ0v) is 20.8. The molecule has 1 unspecified atom stereocenters. The Labute approximate surface area is 210 Å². The van der Waals surface area contributed by atoms with Gasteiger partial charge < -0.3 is 31.0 Å². The third-order valence-electron chi connectivity index (χ3n) is 6.69. The van der Waals surface area contributed by atoms with Crippen LogP contribution >= 0.6 is 0 Å². The molecule has 1 saturated heterocycles. The second-order valence-electron chi connectivity index (χ2n) is 9.24. The maximum Gasteiger partial charge on any atom is 0.222 e. The maximum absolute atomic E-state index is 11.5. The molecular weight excluding hydrogens is 454 g/mol. The van der Waals surface area contributed by atoms with Gasteiger partial charge in [-0.15, -0.1) is 0 Å². The second kappa shape index (κ2) is 10.4. The topological polar surface area (TPSA) is 119 Å². The summed E-state index contributed by atoms with van der Waals surface area (Å²) in [5.74, 6) is 1.92. The van der Waals surface area contributed by atoms with Gasteiger partial charge in [0.05, 0.1) is 19.2 Å². The first kappa shape index (κ1) is 23.9. The van der Waals surface area contributed by atoms with Crippen LogP contribution in [0.5, 0.6) is 5.75 Å². The van der Waals surface area contributed by atoms with Crippen molar-refractivity contribution in [1.29, 1.82) is 0 Å². The molecule has 0 saturated carbocycles. The Balaban J connectivity index is 1.54. The molecule has 188 valence electrons. The number of hydrogen-bond acceptors (Lipinski definition) is 7. The fraction of sp³-hybridized carbons (Fsp3) is 0.370. The Morgan fingerprint density at radius 2 is 2.08 bits per heavy atom. The standard InChI is InChI=1S/C27H33N7O2/c1-3-4-11-29-26-25-24(32-27(28)33-26)20-7-5-6-8-21(20)34(25)16-18-12-17(9-10-22(18)36-2)14-30-19-13-23(35)31-15-19/h5-10,12,19,30H,3-4,11,13-16H2,1-2H3,(H,31,35)(H3,28,29,32,33). The largest absolute Gasteiger partial charge is 0.496 e. The Hall–Kier alpha value is -3.85. The van der Waals surface area contributed by atoms with E-state index in [0.717, 1.165) is 64.0 Å². The monoisotopic (exact) mass is 487 g/mol. The van der Waals surface area contributed by atoms with Gasteiger partial charge in [-0.25, -0.2) is 4.98 Å². The van der Waals surface area contributed by atoms with E-state index in [1.54, 1.807) is 7.11 Å². The van der Waals surface area contributed by atoms with Gasteiger partial charge in [-0.05, 0) is 30.2 Å². The Morgan fingerprint density at radius 1 is 1.22 bits per heavy atom. The van der Waals surface area contributed by atoms with Crippen LogP contribution in [-0.4, -0.2) is 46.7 Å². The van der Waals surface area contributed by atoms with E-state index in [-0.39, 0.29) is 17.9 Å². The summed E-state index contributed by atoms with van der Waals surface area (Å²) in [5.41, 5.74) is 11.1. The van der Waals surface area contributed by atoms with Crippen molar-refractivity contribution >= 4 is 39.6 Å². The molecular formula is C27H33N7O2. The lowest BCUT2D eigenvalue weighted by Gasteiger charge is -2.16. The van der Waals surface area contributed by atoms with Crippen LogP contribution in [0.15, 0.2) is 42.5 Å². The van der Waals surface area contributed by atoms with Crippen LogP contribution in [0.3, 0.4) is 0 Å². The number of benzene rings is 2. The highest BCUT2D eigenvalue weighted by atomic mass is 16.5. The summed E-state index contributed by atoms with van der Waals surface area (Å²) in [6.07, 6.45) is 2.64. The van der Waals surface area contributed by atoms with Crippen molar-refractivity contribution in [3.63, 3.8) is 0 Å². The third-order valence-corrected chi connectivity index (χ3v) is 6.69. The first-order valence-electron chi connectivity index (χ1n) is 12.5. The summed E-state index contributed by atoms with van der Waals surface area (Å²) in [5, 5.41) is 10.9. The van der Waals surface area contributed by atoms with Crippen molar-refractivity contribution in [1.82, 2.24) is 25.2 Å². The molecule has 0 bridgehead atoms. The molecule has 5 N–H and O–H groups in total. The Morgan fingerprint density at radius 3 is 2.86 bits per heavy atom. The van der Waals surface area contributed by atoms with Crippen molar-refractivity contribution in [3.05, 3.63) is 53.6 Å². The van der Waals surface area contributed by atoms with Crippen LogP contribution < -0.4 is 26.4 Å². The Bertz CT molecular complexity index is 1400. The van der Waals surface area contributed by atoms with Gasteiger partial charge in [-0.1, -0.05) is 37.6 Å². The maximum atomic E-state index is 11.5. The van der Waals surface area contributed by atoms with Crippen molar-refractivity contribution in [2.45, 2.75) is 45.3 Å². The van der Waals surface area contributed by atoms with Crippen LogP contribution in [0, 0.1) is 0 Å². The molecule has 36 heavy (non-hydrogen) atoms. The normalized spacial score (nSPS) is 15.5. The second-order valence-corrected chi connectivity index (χ2v) is 9.24. The number of nitrogens with two attached hydrogens (primary N) is 1. The fourth-order valence-electron chi connectivity index (χ4n) is 4.86. The predicted molar refractivity (Wildman–Crippen MR) is 143 cm³/mol. The molecule has 0 radical (unpaired) electrons. The molecule has 5 rings (SSSR count). The van der Waals surface area contributed by atoms with E-state index in [2.05, 4.69) is 61.7 Å². The van der Waals surface area contributed by atoms with E-state index in [9.17, 15) is 4.79 Å². The van der Waals surface area contributed by atoms with Gasteiger partial charge in [0.2, 0.25) is 11.9 Å². The van der Waals surface area contributed by atoms with Gasteiger partial charge in [0.25, 0.3) is 0 Å². The molecule has 0 spiro atoms. The highest BCUT2D eigenvalue weighted by Crippen LogP contribution is 2.34. The molecule has 2 aromatic heterocycles. The summed E-state index contributed by atoms with van der Waals surface area (Å²) in [6.45, 7) is 4.90. The zero-order chi connectivity index (χ0) is 25.1. The lowest BCUT2D eigenvalue weighted by atomic mass is 10.1. The molecule has 1 aliphatic heterocycles. The number of unbranched alkanes of at least 4 members (excludes halogenated alkanes) is 1. The number of aromatic nitrogens is 3. The molecule has 9 nitrogen and oxygen atoms in total. The molecule has 4 aromatic rings. The number of nitrogens with one attached hydrogen (secondary N) is 3. The predicted octanol–water partition coefficient (Wildman–Crippen LogP) is 3.41. The number of fused-ring (bicyclic) bond motifs is 3. The van der Waals surface area contributed by atoms with Gasteiger partial charge in [-0.2, -0.15) is 4.98 Å². The molecule has 0 aliphatic carbocycles. The number of anilines is 2. The number of nitrogen functional groups attached to an aromatic ring is 1. The highest BCUT2D eigenvalue weighted by molar-refractivity contribution is 6.09. The minimum absolute atomic E-state index is 0.0977. The van der Waals surface area contributed by atoms with Crippen LogP contribution in [0.25, 0.3) is 21.9 Å². The van der Waals surface area contributed by atoms with Gasteiger partial charge in [0, 0.05) is 43.0 Å². The van der Waals surface area contributed by atoms with Gasteiger partial charge in [0.15, 0.2) is 5.82 Å². The van der Waals surface area contributed by atoms with E-state index >= 15 is 0 Å². The van der Waals surface area contributed by atoms with E-state index < -0.39 is 0 Å². The van der Waals surface area contributed by atoms with E-state index in [4.69, 9.17) is 10.5 Å². The lowest BCUT2D eigenvalue weighted by Crippen LogP contribution is -2.30. The molecule has 1 atom stereocenters. The first-order chi connectivity index (χ1) is 17.6. The van der Waals surface area contributed by atoms with Gasteiger partial charge in [-0.3, -0.25) is 4.79 Å². The minimum Gasteiger partial charge on any atom is -0.496 e. The Kier molecular flexibility index (Phi) is 6.90. The van der Waals surface area contributed by atoms with E-state index in [1.807, 2.05) is 18.2 Å². The summed E-state index contributed by atoms with van der Waals surface area (Å²) < 4.78 is 7.98. The number of hydrogen-bond donors (Lipinski definition) is 4. The smallest absolute Gasteiger partial charge is 0.222 e. The number of carbonyl (C=O) groups is 1.